The van der Waals surface area contributed by atoms with E-state index >= 15 is 0 Å². The number of carbonyl (C=O) groups is 2. The lowest BCUT2D eigenvalue weighted by molar-refractivity contribution is 0.0480. The molecule has 0 saturated carbocycles. The quantitative estimate of drug-likeness (QED) is 0.409. The second kappa shape index (κ2) is 11.4. The van der Waals surface area contributed by atoms with Crippen LogP contribution in [0.2, 0.25) is 0 Å². The summed E-state index contributed by atoms with van der Waals surface area (Å²) in [4.78, 5) is 28.8. The van der Waals surface area contributed by atoms with Gasteiger partial charge in [-0.1, -0.05) is 25.5 Å². The second-order valence-electron chi connectivity index (χ2n) is 8.40. The van der Waals surface area contributed by atoms with Crippen LogP contribution in [0.5, 0.6) is 5.75 Å². The van der Waals surface area contributed by atoms with Gasteiger partial charge in [0, 0.05) is 18.7 Å². The van der Waals surface area contributed by atoms with Crippen molar-refractivity contribution < 1.29 is 28.5 Å². The van der Waals surface area contributed by atoms with Crippen LogP contribution in [0.25, 0.3) is 16.6 Å². The Kier molecular flexibility index (Phi) is 8.10. The van der Waals surface area contributed by atoms with E-state index in [-0.39, 0.29) is 24.3 Å². The zero-order valence-corrected chi connectivity index (χ0v) is 21.3. The summed E-state index contributed by atoms with van der Waals surface area (Å²) in [6, 6.07) is 9.58. The number of hydrogen-bond donors (Lipinski definition) is 0. The van der Waals surface area contributed by atoms with Crippen LogP contribution in [0, 0.1) is 0 Å². The molecule has 4 rings (SSSR count). The third kappa shape index (κ3) is 4.88. The molecule has 0 amide bonds. The molecule has 3 heterocycles. The predicted molar refractivity (Wildman–Crippen MR) is 136 cm³/mol. The molecule has 1 saturated heterocycles. The van der Waals surface area contributed by atoms with Crippen LogP contribution in [-0.2, 0) is 20.6 Å². The van der Waals surface area contributed by atoms with Crippen molar-refractivity contribution in [1.29, 1.82) is 0 Å². The Balaban J connectivity index is 2.11. The molecule has 0 aliphatic carbocycles. The number of methoxy groups -OCH3 is 1. The van der Waals surface area contributed by atoms with Crippen LogP contribution < -0.4 is 9.64 Å². The Bertz CT molecular complexity index is 1250. The summed E-state index contributed by atoms with van der Waals surface area (Å²) in [5.41, 5.74) is 3.13. The van der Waals surface area contributed by atoms with Crippen molar-refractivity contribution in [3.8, 4) is 16.9 Å². The molecule has 36 heavy (non-hydrogen) atoms. The first-order chi connectivity index (χ1) is 17.5. The second-order valence-corrected chi connectivity index (χ2v) is 8.40. The first-order valence-corrected chi connectivity index (χ1v) is 12.4. The van der Waals surface area contributed by atoms with Crippen LogP contribution in [-0.4, -0.2) is 68.2 Å². The number of morpholine rings is 1. The highest BCUT2D eigenvalue weighted by molar-refractivity contribution is 6.12. The summed E-state index contributed by atoms with van der Waals surface area (Å²) in [5, 5.41) is 4.95. The fourth-order valence-electron chi connectivity index (χ4n) is 4.55. The summed E-state index contributed by atoms with van der Waals surface area (Å²) >= 11 is 0. The van der Waals surface area contributed by atoms with E-state index in [0.717, 1.165) is 23.4 Å². The zero-order chi connectivity index (χ0) is 25.7. The molecule has 192 valence electrons. The highest BCUT2D eigenvalue weighted by atomic mass is 16.5. The normalized spacial score (nSPS) is 13.6. The highest BCUT2D eigenvalue weighted by Gasteiger charge is 2.33. The number of aromatic nitrogens is 2. The molecule has 0 unspecified atom stereocenters. The van der Waals surface area contributed by atoms with Crippen molar-refractivity contribution in [3.05, 3.63) is 47.2 Å². The number of hydrogen-bond acceptors (Lipinski definition) is 8. The van der Waals surface area contributed by atoms with E-state index in [1.54, 1.807) is 25.5 Å². The first kappa shape index (κ1) is 25.5. The number of benzene rings is 1. The Morgan fingerprint density at radius 1 is 1.00 bits per heavy atom. The highest BCUT2D eigenvalue weighted by Crippen LogP contribution is 2.37. The molecule has 0 N–H and O–H groups in total. The van der Waals surface area contributed by atoms with Gasteiger partial charge in [0.2, 0.25) is 0 Å². The lowest BCUT2D eigenvalue weighted by atomic mass is 10.0. The van der Waals surface area contributed by atoms with E-state index < -0.39 is 11.9 Å². The molecular formula is C27H33N3O6. The maximum Gasteiger partial charge on any atom is 0.341 e. The lowest BCUT2D eigenvalue weighted by Gasteiger charge is -2.28. The minimum Gasteiger partial charge on any atom is -0.497 e. The molecule has 3 aromatic rings. The molecule has 0 spiro atoms. The molecule has 2 aromatic heterocycles. The van der Waals surface area contributed by atoms with E-state index in [1.807, 2.05) is 37.3 Å². The first-order valence-electron chi connectivity index (χ1n) is 12.4. The maximum absolute atomic E-state index is 13.4. The van der Waals surface area contributed by atoms with Gasteiger partial charge >= 0.3 is 11.9 Å². The third-order valence-corrected chi connectivity index (χ3v) is 6.14. The Hall–Kier alpha value is -3.59. The van der Waals surface area contributed by atoms with Gasteiger partial charge in [-0.25, -0.2) is 14.1 Å². The molecule has 9 nitrogen and oxygen atoms in total. The molecule has 1 aliphatic heterocycles. The number of ether oxygens (including phenoxy) is 4. The van der Waals surface area contributed by atoms with E-state index in [9.17, 15) is 9.59 Å². The van der Waals surface area contributed by atoms with Crippen LogP contribution >= 0.6 is 0 Å². The van der Waals surface area contributed by atoms with Gasteiger partial charge < -0.3 is 23.8 Å². The van der Waals surface area contributed by atoms with E-state index in [2.05, 4.69) is 4.90 Å². The minimum atomic E-state index is -0.578. The van der Waals surface area contributed by atoms with Crippen LogP contribution in [0.1, 0.15) is 53.6 Å². The van der Waals surface area contributed by atoms with Crippen LogP contribution in [0.4, 0.5) is 5.82 Å². The molecule has 1 aromatic carbocycles. The molecule has 0 radical (unpaired) electrons. The number of esters is 2. The fraction of sp³-hybridized carbons (Fsp3) is 0.444. The number of aryl methyl sites for hydroxylation is 1. The van der Waals surface area contributed by atoms with Crippen molar-refractivity contribution in [2.24, 2.45) is 0 Å². The van der Waals surface area contributed by atoms with E-state index in [4.69, 9.17) is 24.0 Å². The van der Waals surface area contributed by atoms with Crippen molar-refractivity contribution in [1.82, 2.24) is 9.61 Å². The van der Waals surface area contributed by atoms with Gasteiger partial charge in [0.1, 0.15) is 17.1 Å². The molecular weight excluding hydrogens is 462 g/mol. The SMILES string of the molecule is CCCc1c(C(=O)OCC)c(C(=O)OCC)c2c(-c3cccc(OC)c3)cc(N3CCOCC3)nn12. The van der Waals surface area contributed by atoms with Crippen molar-refractivity contribution in [3.63, 3.8) is 0 Å². The van der Waals surface area contributed by atoms with Gasteiger partial charge in [0.25, 0.3) is 0 Å². The summed E-state index contributed by atoms with van der Waals surface area (Å²) in [5.74, 6) is 0.283. The summed E-state index contributed by atoms with van der Waals surface area (Å²) in [6.07, 6.45) is 1.28. The number of rotatable bonds is 9. The van der Waals surface area contributed by atoms with Gasteiger partial charge in [-0.05, 0) is 44.0 Å². The van der Waals surface area contributed by atoms with Gasteiger partial charge in [0.15, 0.2) is 0 Å². The largest absolute Gasteiger partial charge is 0.497 e. The van der Waals surface area contributed by atoms with Crippen molar-refractivity contribution in [2.75, 3.05) is 51.5 Å². The number of anilines is 1. The van der Waals surface area contributed by atoms with E-state index in [1.165, 1.54) is 0 Å². The van der Waals surface area contributed by atoms with Crippen LogP contribution in [0.3, 0.4) is 0 Å². The minimum absolute atomic E-state index is 0.176. The zero-order valence-electron chi connectivity index (χ0n) is 21.3. The number of carbonyl (C=O) groups excluding carboxylic acids is 2. The summed E-state index contributed by atoms with van der Waals surface area (Å²) in [7, 11) is 1.61. The average Bonchev–Trinajstić information content (AvgIpc) is 3.23. The van der Waals surface area contributed by atoms with Gasteiger partial charge in [-0.2, -0.15) is 0 Å². The number of nitrogens with zero attached hydrogens (tertiary/aromatic N) is 3. The Labute approximate surface area is 210 Å². The topological polar surface area (TPSA) is 91.6 Å². The molecule has 1 fully saturated rings. The fourth-order valence-corrected chi connectivity index (χ4v) is 4.55. The smallest absolute Gasteiger partial charge is 0.341 e. The van der Waals surface area contributed by atoms with Gasteiger partial charge in [-0.3, -0.25) is 0 Å². The molecule has 0 atom stereocenters. The van der Waals surface area contributed by atoms with Crippen LogP contribution in [0.15, 0.2) is 30.3 Å². The van der Waals surface area contributed by atoms with Gasteiger partial charge in [0.05, 0.1) is 50.3 Å². The van der Waals surface area contributed by atoms with Crippen molar-refractivity contribution in [2.45, 2.75) is 33.6 Å². The predicted octanol–water partition coefficient (Wildman–Crippen LogP) is 4.15. The average molecular weight is 496 g/mol. The van der Waals surface area contributed by atoms with Gasteiger partial charge in [-0.15, -0.1) is 5.10 Å². The van der Waals surface area contributed by atoms with Crippen molar-refractivity contribution >= 4 is 23.3 Å². The Morgan fingerprint density at radius 2 is 1.69 bits per heavy atom. The molecule has 0 bridgehead atoms. The van der Waals surface area contributed by atoms with E-state index in [0.29, 0.717) is 49.7 Å². The lowest BCUT2D eigenvalue weighted by Crippen LogP contribution is -2.37. The Morgan fingerprint density at radius 3 is 2.33 bits per heavy atom. The monoisotopic (exact) mass is 495 g/mol. The maximum atomic E-state index is 13.4. The standard InChI is InChI=1S/C27H33N3O6/c1-5-9-21-23(26(31)35-6-2)24(27(32)36-7-3)25-20(18-10-8-11-19(16-18)33-4)17-22(28-30(21)25)29-12-14-34-15-13-29/h8,10-11,16-17H,5-7,9,12-15H2,1-4H3. The number of fused-ring (bicyclic) bond motifs is 1. The molecule has 1 aliphatic rings. The molecule has 9 heteroatoms. The summed E-state index contributed by atoms with van der Waals surface area (Å²) in [6.45, 7) is 8.45. The summed E-state index contributed by atoms with van der Waals surface area (Å²) < 4.78 is 23.6. The third-order valence-electron chi connectivity index (χ3n) is 6.14.